The highest BCUT2D eigenvalue weighted by molar-refractivity contribution is 7.92. The van der Waals surface area contributed by atoms with Crippen LogP contribution in [0.2, 0.25) is 0 Å². The molecule has 0 saturated carbocycles. The largest absolute Gasteiger partial charge is 0.494 e. The SMILES string of the molecule is CCOc1ccc(S(=O)(=O)Nc2ccc(CCO)cc2)cc1. The third kappa shape index (κ3) is 4.22. The Morgan fingerprint density at radius 1 is 1.05 bits per heavy atom. The summed E-state index contributed by atoms with van der Waals surface area (Å²) in [6.07, 6.45) is 0.548. The first-order valence-corrected chi connectivity index (χ1v) is 8.49. The van der Waals surface area contributed by atoms with Crippen LogP contribution in [0.1, 0.15) is 12.5 Å². The van der Waals surface area contributed by atoms with Crippen molar-refractivity contribution in [3.8, 4) is 5.75 Å². The van der Waals surface area contributed by atoms with Crippen molar-refractivity contribution in [1.29, 1.82) is 0 Å². The van der Waals surface area contributed by atoms with E-state index in [0.717, 1.165) is 5.56 Å². The number of rotatable bonds is 7. The Balaban J connectivity index is 2.12. The van der Waals surface area contributed by atoms with Gasteiger partial charge >= 0.3 is 0 Å². The summed E-state index contributed by atoms with van der Waals surface area (Å²) >= 11 is 0. The molecule has 0 radical (unpaired) electrons. The minimum atomic E-state index is -3.63. The fraction of sp³-hybridized carbons (Fsp3) is 0.250. The van der Waals surface area contributed by atoms with Gasteiger partial charge in [-0.2, -0.15) is 0 Å². The van der Waals surface area contributed by atoms with Crippen molar-refractivity contribution in [2.45, 2.75) is 18.2 Å². The third-order valence-corrected chi connectivity index (χ3v) is 4.45. The molecule has 0 fully saturated rings. The van der Waals surface area contributed by atoms with Crippen LogP contribution >= 0.6 is 0 Å². The van der Waals surface area contributed by atoms with Gasteiger partial charge in [0.2, 0.25) is 0 Å². The molecular weight excluding hydrogens is 302 g/mol. The Morgan fingerprint density at radius 3 is 2.23 bits per heavy atom. The van der Waals surface area contributed by atoms with E-state index in [1.54, 1.807) is 36.4 Å². The maximum atomic E-state index is 12.3. The van der Waals surface area contributed by atoms with Gasteiger partial charge < -0.3 is 9.84 Å². The summed E-state index contributed by atoms with van der Waals surface area (Å²) in [6, 6.07) is 13.2. The van der Waals surface area contributed by atoms with Gasteiger partial charge in [-0.3, -0.25) is 4.72 Å². The smallest absolute Gasteiger partial charge is 0.261 e. The molecule has 0 aliphatic carbocycles. The lowest BCUT2D eigenvalue weighted by molar-refractivity contribution is 0.299. The van der Waals surface area contributed by atoms with Crippen molar-refractivity contribution in [2.75, 3.05) is 17.9 Å². The molecule has 5 nitrogen and oxygen atoms in total. The highest BCUT2D eigenvalue weighted by atomic mass is 32.2. The molecule has 0 atom stereocenters. The lowest BCUT2D eigenvalue weighted by Gasteiger charge is -2.09. The molecule has 0 amide bonds. The Labute approximate surface area is 130 Å². The number of anilines is 1. The van der Waals surface area contributed by atoms with Crippen LogP contribution < -0.4 is 9.46 Å². The molecule has 0 aliphatic rings. The van der Waals surface area contributed by atoms with Crippen LogP contribution in [0, 0.1) is 0 Å². The van der Waals surface area contributed by atoms with Crippen molar-refractivity contribution in [2.24, 2.45) is 0 Å². The second-order valence-electron chi connectivity index (χ2n) is 4.68. The van der Waals surface area contributed by atoms with Gasteiger partial charge in [-0.05, 0) is 55.3 Å². The van der Waals surface area contributed by atoms with Crippen LogP contribution in [0.3, 0.4) is 0 Å². The van der Waals surface area contributed by atoms with Crippen molar-refractivity contribution >= 4 is 15.7 Å². The minimum Gasteiger partial charge on any atom is -0.494 e. The standard InChI is InChI=1S/C16H19NO4S/c1-2-21-15-7-9-16(10-8-15)22(19,20)17-14-5-3-13(4-6-14)11-12-18/h3-10,17-18H,2,11-12H2,1H3. The van der Waals surface area contributed by atoms with E-state index in [1.807, 2.05) is 6.92 Å². The molecule has 0 unspecified atom stereocenters. The average molecular weight is 321 g/mol. The van der Waals surface area contributed by atoms with Gasteiger partial charge in [0.05, 0.1) is 11.5 Å². The van der Waals surface area contributed by atoms with Gasteiger partial charge in [0.25, 0.3) is 10.0 Å². The van der Waals surface area contributed by atoms with E-state index in [9.17, 15) is 8.42 Å². The monoisotopic (exact) mass is 321 g/mol. The van der Waals surface area contributed by atoms with Gasteiger partial charge in [-0.25, -0.2) is 8.42 Å². The third-order valence-electron chi connectivity index (χ3n) is 3.05. The average Bonchev–Trinajstić information content (AvgIpc) is 2.50. The zero-order chi connectivity index (χ0) is 16.0. The highest BCUT2D eigenvalue weighted by Gasteiger charge is 2.14. The van der Waals surface area contributed by atoms with Gasteiger partial charge in [-0.1, -0.05) is 12.1 Å². The summed E-state index contributed by atoms with van der Waals surface area (Å²) in [5, 5.41) is 8.86. The molecule has 2 aromatic carbocycles. The summed E-state index contributed by atoms with van der Waals surface area (Å²) in [5.41, 5.74) is 1.43. The summed E-state index contributed by atoms with van der Waals surface area (Å²) < 4.78 is 32.4. The fourth-order valence-electron chi connectivity index (χ4n) is 1.96. The summed E-state index contributed by atoms with van der Waals surface area (Å²) in [5.74, 6) is 0.634. The van der Waals surface area contributed by atoms with Gasteiger partial charge in [0.15, 0.2) is 0 Å². The number of sulfonamides is 1. The lowest BCUT2D eigenvalue weighted by atomic mass is 10.1. The Morgan fingerprint density at radius 2 is 1.68 bits per heavy atom. The summed E-state index contributed by atoms with van der Waals surface area (Å²) in [7, 11) is -3.63. The molecule has 2 aromatic rings. The fourth-order valence-corrected chi connectivity index (χ4v) is 3.02. The van der Waals surface area contributed by atoms with Crippen molar-refractivity contribution in [3.05, 3.63) is 54.1 Å². The first-order valence-electron chi connectivity index (χ1n) is 7.00. The normalized spacial score (nSPS) is 11.2. The lowest BCUT2D eigenvalue weighted by Crippen LogP contribution is -2.12. The zero-order valence-electron chi connectivity index (χ0n) is 12.3. The number of hydrogen-bond donors (Lipinski definition) is 2. The number of aliphatic hydroxyl groups is 1. The molecule has 0 bridgehead atoms. The Hall–Kier alpha value is -2.05. The van der Waals surface area contributed by atoms with E-state index in [0.29, 0.717) is 24.5 Å². The minimum absolute atomic E-state index is 0.0667. The molecule has 0 aromatic heterocycles. The summed E-state index contributed by atoms with van der Waals surface area (Å²) in [6.45, 7) is 2.47. The number of nitrogens with one attached hydrogen (secondary N) is 1. The second kappa shape index (κ2) is 7.29. The van der Waals surface area contributed by atoms with Crippen molar-refractivity contribution < 1.29 is 18.3 Å². The van der Waals surface area contributed by atoms with Crippen LogP contribution in [0.5, 0.6) is 5.75 Å². The molecule has 2 rings (SSSR count). The van der Waals surface area contributed by atoms with E-state index < -0.39 is 10.0 Å². The van der Waals surface area contributed by atoms with E-state index >= 15 is 0 Å². The number of aliphatic hydroxyl groups excluding tert-OH is 1. The van der Waals surface area contributed by atoms with E-state index in [4.69, 9.17) is 9.84 Å². The topological polar surface area (TPSA) is 75.6 Å². The van der Waals surface area contributed by atoms with Crippen LogP contribution in [-0.4, -0.2) is 26.7 Å². The molecule has 0 aliphatic heterocycles. The predicted molar refractivity (Wildman–Crippen MR) is 85.7 cm³/mol. The molecule has 2 N–H and O–H groups in total. The Kier molecular flexibility index (Phi) is 5.41. The number of ether oxygens (including phenoxy) is 1. The van der Waals surface area contributed by atoms with Gasteiger partial charge in [0, 0.05) is 12.3 Å². The van der Waals surface area contributed by atoms with Crippen LogP contribution in [0.25, 0.3) is 0 Å². The first kappa shape index (κ1) is 16.3. The Bertz CT molecular complexity index is 694. The van der Waals surface area contributed by atoms with E-state index in [2.05, 4.69) is 4.72 Å². The van der Waals surface area contributed by atoms with E-state index in [1.165, 1.54) is 12.1 Å². The molecule has 22 heavy (non-hydrogen) atoms. The highest BCUT2D eigenvalue weighted by Crippen LogP contribution is 2.19. The first-order chi connectivity index (χ1) is 10.5. The van der Waals surface area contributed by atoms with Crippen LogP contribution in [-0.2, 0) is 16.4 Å². The zero-order valence-corrected chi connectivity index (χ0v) is 13.1. The van der Waals surface area contributed by atoms with E-state index in [-0.39, 0.29) is 11.5 Å². The summed E-state index contributed by atoms with van der Waals surface area (Å²) in [4.78, 5) is 0.176. The number of hydrogen-bond acceptors (Lipinski definition) is 4. The molecule has 0 heterocycles. The molecule has 6 heteroatoms. The van der Waals surface area contributed by atoms with Crippen LogP contribution in [0.15, 0.2) is 53.4 Å². The van der Waals surface area contributed by atoms with Gasteiger partial charge in [-0.15, -0.1) is 0 Å². The molecular formula is C16H19NO4S. The molecule has 0 spiro atoms. The van der Waals surface area contributed by atoms with Crippen LogP contribution in [0.4, 0.5) is 5.69 Å². The number of benzene rings is 2. The predicted octanol–water partition coefficient (Wildman–Crippen LogP) is 2.42. The van der Waals surface area contributed by atoms with Gasteiger partial charge in [0.1, 0.15) is 5.75 Å². The quantitative estimate of drug-likeness (QED) is 0.821. The molecule has 0 saturated heterocycles. The van der Waals surface area contributed by atoms with Crippen molar-refractivity contribution in [1.82, 2.24) is 0 Å². The maximum Gasteiger partial charge on any atom is 0.261 e. The second-order valence-corrected chi connectivity index (χ2v) is 6.36. The van der Waals surface area contributed by atoms with Crippen molar-refractivity contribution in [3.63, 3.8) is 0 Å². The molecule has 118 valence electrons. The maximum absolute atomic E-state index is 12.3.